The van der Waals surface area contributed by atoms with Gasteiger partial charge in [0.15, 0.2) is 5.75 Å². The standard InChI is InChI=1S/C14H17N3O/c1-10-12(9-15-3)6-7-14(17-10)18-13-5-4-8-16-11(13)2/h4-8,15H,9H2,1-3H3. The molecule has 0 saturated heterocycles. The fourth-order valence-corrected chi connectivity index (χ4v) is 1.69. The molecule has 2 rings (SSSR count). The highest BCUT2D eigenvalue weighted by molar-refractivity contribution is 5.32. The van der Waals surface area contributed by atoms with Gasteiger partial charge in [0.2, 0.25) is 5.88 Å². The van der Waals surface area contributed by atoms with E-state index in [1.54, 1.807) is 6.20 Å². The second kappa shape index (κ2) is 5.60. The highest BCUT2D eigenvalue weighted by Gasteiger charge is 2.05. The van der Waals surface area contributed by atoms with Crippen molar-refractivity contribution >= 4 is 0 Å². The summed E-state index contributed by atoms with van der Waals surface area (Å²) in [5.74, 6) is 1.34. The minimum Gasteiger partial charge on any atom is -0.437 e. The number of aryl methyl sites for hydroxylation is 2. The van der Waals surface area contributed by atoms with Crippen LogP contribution in [0.3, 0.4) is 0 Å². The molecular weight excluding hydrogens is 226 g/mol. The first kappa shape index (κ1) is 12.5. The maximum absolute atomic E-state index is 5.73. The van der Waals surface area contributed by atoms with Crippen molar-refractivity contribution < 1.29 is 4.74 Å². The van der Waals surface area contributed by atoms with Gasteiger partial charge >= 0.3 is 0 Å². The molecule has 0 bridgehead atoms. The number of rotatable bonds is 4. The molecule has 94 valence electrons. The van der Waals surface area contributed by atoms with Crippen molar-refractivity contribution in [2.75, 3.05) is 7.05 Å². The van der Waals surface area contributed by atoms with E-state index in [0.717, 1.165) is 23.7 Å². The Hall–Kier alpha value is -1.94. The Morgan fingerprint density at radius 2 is 2.00 bits per heavy atom. The Morgan fingerprint density at radius 3 is 2.67 bits per heavy atom. The van der Waals surface area contributed by atoms with Crippen molar-refractivity contribution in [2.45, 2.75) is 20.4 Å². The molecule has 0 aromatic carbocycles. The zero-order valence-electron chi connectivity index (χ0n) is 10.9. The van der Waals surface area contributed by atoms with Gasteiger partial charge in [0.25, 0.3) is 0 Å². The number of aromatic nitrogens is 2. The topological polar surface area (TPSA) is 47.0 Å². The number of ether oxygens (including phenoxy) is 1. The predicted molar refractivity (Wildman–Crippen MR) is 70.8 cm³/mol. The van der Waals surface area contributed by atoms with Crippen LogP contribution in [0.15, 0.2) is 30.5 Å². The summed E-state index contributed by atoms with van der Waals surface area (Å²) < 4.78 is 5.73. The number of nitrogens with zero attached hydrogens (tertiary/aromatic N) is 2. The summed E-state index contributed by atoms with van der Waals surface area (Å²) >= 11 is 0. The Balaban J connectivity index is 2.20. The highest BCUT2D eigenvalue weighted by Crippen LogP contribution is 2.22. The van der Waals surface area contributed by atoms with Crippen LogP contribution in [0.1, 0.15) is 17.0 Å². The van der Waals surface area contributed by atoms with Crippen molar-refractivity contribution in [3.8, 4) is 11.6 Å². The largest absolute Gasteiger partial charge is 0.437 e. The third kappa shape index (κ3) is 2.84. The van der Waals surface area contributed by atoms with Crippen LogP contribution in [0.25, 0.3) is 0 Å². The molecule has 0 fully saturated rings. The molecule has 2 heterocycles. The Bertz CT molecular complexity index is 540. The smallest absolute Gasteiger partial charge is 0.219 e. The molecular formula is C14H17N3O. The summed E-state index contributed by atoms with van der Waals surface area (Å²) in [6.07, 6.45) is 1.75. The molecule has 0 amide bonds. The molecule has 4 nitrogen and oxygen atoms in total. The van der Waals surface area contributed by atoms with Gasteiger partial charge in [0.05, 0.1) is 5.69 Å². The van der Waals surface area contributed by atoms with Gasteiger partial charge in [-0.1, -0.05) is 6.07 Å². The molecule has 0 aliphatic carbocycles. The zero-order valence-corrected chi connectivity index (χ0v) is 10.9. The van der Waals surface area contributed by atoms with Crippen LogP contribution in [-0.2, 0) is 6.54 Å². The van der Waals surface area contributed by atoms with E-state index in [4.69, 9.17) is 4.74 Å². The van der Waals surface area contributed by atoms with Gasteiger partial charge in [-0.05, 0) is 38.6 Å². The summed E-state index contributed by atoms with van der Waals surface area (Å²) in [6.45, 7) is 4.71. The minimum atomic E-state index is 0.600. The lowest BCUT2D eigenvalue weighted by atomic mass is 10.2. The second-order valence-corrected chi connectivity index (χ2v) is 4.11. The SMILES string of the molecule is CNCc1ccc(Oc2cccnc2C)nc1C. The molecule has 0 aliphatic heterocycles. The van der Waals surface area contributed by atoms with Gasteiger partial charge in [0, 0.05) is 24.5 Å². The summed E-state index contributed by atoms with van der Waals surface area (Å²) in [6, 6.07) is 7.65. The molecule has 1 N–H and O–H groups in total. The predicted octanol–water partition coefficient (Wildman–Crippen LogP) is 2.61. The van der Waals surface area contributed by atoms with Crippen molar-refractivity contribution in [3.63, 3.8) is 0 Å². The highest BCUT2D eigenvalue weighted by atomic mass is 16.5. The van der Waals surface area contributed by atoms with E-state index >= 15 is 0 Å². The average molecular weight is 243 g/mol. The van der Waals surface area contributed by atoms with Gasteiger partial charge < -0.3 is 10.1 Å². The van der Waals surface area contributed by atoms with Crippen LogP contribution < -0.4 is 10.1 Å². The van der Waals surface area contributed by atoms with Crippen molar-refractivity contribution in [2.24, 2.45) is 0 Å². The molecule has 0 saturated carbocycles. The fraction of sp³-hybridized carbons (Fsp3) is 0.286. The Labute approximate surface area is 107 Å². The molecule has 0 spiro atoms. The first-order valence-electron chi connectivity index (χ1n) is 5.91. The van der Waals surface area contributed by atoms with Crippen molar-refractivity contribution in [3.05, 3.63) is 47.4 Å². The van der Waals surface area contributed by atoms with Crippen molar-refractivity contribution in [1.82, 2.24) is 15.3 Å². The molecule has 0 radical (unpaired) electrons. The first-order valence-corrected chi connectivity index (χ1v) is 5.91. The molecule has 2 aromatic rings. The molecule has 4 heteroatoms. The van der Waals surface area contributed by atoms with Gasteiger partial charge in [-0.25, -0.2) is 4.98 Å². The van der Waals surface area contributed by atoms with E-state index in [1.807, 2.05) is 45.2 Å². The molecule has 18 heavy (non-hydrogen) atoms. The van der Waals surface area contributed by atoms with Crippen LogP contribution in [0.4, 0.5) is 0 Å². The van der Waals surface area contributed by atoms with Gasteiger partial charge in [-0.2, -0.15) is 0 Å². The van der Waals surface area contributed by atoms with Crippen LogP contribution in [0.2, 0.25) is 0 Å². The maximum atomic E-state index is 5.73. The van der Waals surface area contributed by atoms with Crippen LogP contribution in [0, 0.1) is 13.8 Å². The lowest BCUT2D eigenvalue weighted by Crippen LogP contribution is -2.07. The molecule has 2 aromatic heterocycles. The number of hydrogen-bond acceptors (Lipinski definition) is 4. The third-order valence-corrected chi connectivity index (χ3v) is 2.71. The van der Waals surface area contributed by atoms with E-state index in [0.29, 0.717) is 5.88 Å². The molecule has 0 atom stereocenters. The lowest BCUT2D eigenvalue weighted by molar-refractivity contribution is 0.454. The number of nitrogens with one attached hydrogen (secondary N) is 1. The van der Waals surface area contributed by atoms with Crippen LogP contribution in [-0.4, -0.2) is 17.0 Å². The Kier molecular flexibility index (Phi) is 3.89. The minimum absolute atomic E-state index is 0.600. The maximum Gasteiger partial charge on any atom is 0.219 e. The van der Waals surface area contributed by atoms with E-state index in [9.17, 15) is 0 Å². The van der Waals surface area contributed by atoms with Crippen molar-refractivity contribution in [1.29, 1.82) is 0 Å². The summed E-state index contributed by atoms with van der Waals surface area (Å²) in [7, 11) is 1.92. The van der Waals surface area contributed by atoms with E-state index in [1.165, 1.54) is 5.56 Å². The monoisotopic (exact) mass is 243 g/mol. The van der Waals surface area contributed by atoms with Gasteiger partial charge in [0.1, 0.15) is 0 Å². The van der Waals surface area contributed by atoms with E-state index in [-0.39, 0.29) is 0 Å². The molecule has 0 aliphatic rings. The average Bonchev–Trinajstić information content (AvgIpc) is 2.36. The van der Waals surface area contributed by atoms with Gasteiger partial charge in [-0.15, -0.1) is 0 Å². The summed E-state index contributed by atoms with van der Waals surface area (Å²) in [5, 5.41) is 3.11. The zero-order chi connectivity index (χ0) is 13.0. The summed E-state index contributed by atoms with van der Waals surface area (Å²) in [5.41, 5.74) is 3.01. The van der Waals surface area contributed by atoms with E-state index in [2.05, 4.69) is 15.3 Å². The fourth-order valence-electron chi connectivity index (χ4n) is 1.69. The third-order valence-electron chi connectivity index (χ3n) is 2.71. The second-order valence-electron chi connectivity index (χ2n) is 4.11. The summed E-state index contributed by atoms with van der Waals surface area (Å²) in [4.78, 5) is 8.62. The lowest BCUT2D eigenvalue weighted by Gasteiger charge is -2.09. The van der Waals surface area contributed by atoms with E-state index < -0.39 is 0 Å². The quantitative estimate of drug-likeness (QED) is 0.896. The molecule has 0 unspecified atom stereocenters. The van der Waals surface area contributed by atoms with Crippen LogP contribution in [0.5, 0.6) is 11.6 Å². The first-order chi connectivity index (χ1) is 8.70. The van der Waals surface area contributed by atoms with Gasteiger partial charge in [-0.3, -0.25) is 4.98 Å². The Morgan fingerprint density at radius 1 is 1.17 bits per heavy atom. The number of pyridine rings is 2. The normalized spacial score (nSPS) is 10.4. The van der Waals surface area contributed by atoms with Crippen LogP contribution >= 0.6 is 0 Å². The number of hydrogen-bond donors (Lipinski definition) is 1.